The van der Waals surface area contributed by atoms with Crippen LogP contribution in [-0.2, 0) is 17.7 Å². The Hall–Kier alpha value is -0.800. The van der Waals surface area contributed by atoms with Gasteiger partial charge in [-0.05, 0) is 37.3 Å². The lowest BCUT2D eigenvalue weighted by Gasteiger charge is -2.21. The van der Waals surface area contributed by atoms with Crippen LogP contribution < -0.4 is 5.73 Å². The molecule has 3 nitrogen and oxygen atoms in total. The molecule has 0 aliphatic heterocycles. The van der Waals surface area contributed by atoms with Gasteiger partial charge >= 0.3 is 0 Å². The van der Waals surface area contributed by atoms with Crippen LogP contribution in [0.4, 0.5) is 0 Å². The average molecular weight is 236 g/mol. The number of aromatic nitrogens is 1. The number of ether oxygens (including phenoxy) is 1. The summed E-state index contributed by atoms with van der Waals surface area (Å²) in [5.74, 6) is 0. The van der Waals surface area contributed by atoms with Gasteiger partial charge in [0.2, 0.25) is 0 Å². The minimum atomic E-state index is 0.251. The fourth-order valence-corrected chi connectivity index (χ4v) is 2.51. The topological polar surface area (TPSA) is 40.2 Å². The summed E-state index contributed by atoms with van der Waals surface area (Å²) < 4.78 is 7.93. The fourth-order valence-electron chi connectivity index (χ4n) is 2.51. The first-order valence-electron chi connectivity index (χ1n) is 6.84. The molecule has 0 aromatic carbocycles. The number of hydrogen-bond acceptors (Lipinski definition) is 2. The number of rotatable bonds is 6. The quantitative estimate of drug-likeness (QED) is 0.771. The molecular formula is C14H24N2O. The normalized spacial score (nSPS) is 19.3. The molecule has 1 unspecified atom stereocenters. The Morgan fingerprint density at radius 3 is 3.18 bits per heavy atom. The number of nitrogens with two attached hydrogens (primary N) is 1. The summed E-state index contributed by atoms with van der Waals surface area (Å²) in [4.78, 5) is 0. The zero-order valence-corrected chi connectivity index (χ0v) is 10.8. The molecule has 2 rings (SSSR count). The average Bonchev–Trinajstić information content (AvgIpc) is 2.74. The van der Waals surface area contributed by atoms with E-state index in [4.69, 9.17) is 10.5 Å². The third-order valence-corrected chi connectivity index (χ3v) is 3.56. The van der Waals surface area contributed by atoms with Crippen molar-refractivity contribution < 1.29 is 4.74 Å². The van der Waals surface area contributed by atoms with Crippen LogP contribution in [0.3, 0.4) is 0 Å². The second-order valence-electron chi connectivity index (χ2n) is 4.88. The minimum Gasteiger partial charge on any atom is -0.380 e. The lowest BCUT2D eigenvalue weighted by atomic mass is 9.94. The van der Waals surface area contributed by atoms with E-state index < -0.39 is 0 Å². The molecule has 3 heteroatoms. The van der Waals surface area contributed by atoms with E-state index in [1.165, 1.54) is 30.5 Å². The molecule has 0 saturated heterocycles. The molecule has 0 saturated carbocycles. The van der Waals surface area contributed by atoms with Crippen LogP contribution >= 0.6 is 0 Å². The first-order valence-corrected chi connectivity index (χ1v) is 6.84. The maximum Gasteiger partial charge on any atom is 0.0645 e. The molecule has 1 aliphatic carbocycles. The highest BCUT2D eigenvalue weighted by atomic mass is 16.5. The van der Waals surface area contributed by atoms with Gasteiger partial charge in [-0.2, -0.15) is 0 Å². The van der Waals surface area contributed by atoms with Gasteiger partial charge in [0.05, 0.1) is 6.61 Å². The number of hydrogen-bond donors (Lipinski definition) is 1. The van der Waals surface area contributed by atoms with Crippen LogP contribution in [0.2, 0.25) is 0 Å². The van der Waals surface area contributed by atoms with Gasteiger partial charge in [-0.1, -0.05) is 13.3 Å². The Labute approximate surface area is 104 Å². The molecule has 1 aromatic heterocycles. The van der Waals surface area contributed by atoms with Gasteiger partial charge in [0.15, 0.2) is 0 Å². The third kappa shape index (κ3) is 3.11. The fraction of sp³-hybridized carbons (Fsp3) is 0.714. The van der Waals surface area contributed by atoms with Gasteiger partial charge in [0, 0.05) is 31.1 Å². The van der Waals surface area contributed by atoms with Crippen molar-refractivity contribution in [3.05, 3.63) is 23.5 Å². The van der Waals surface area contributed by atoms with Crippen LogP contribution in [0.1, 0.15) is 49.9 Å². The molecule has 0 fully saturated rings. The third-order valence-electron chi connectivity index (χ3n) is 3.56. The molecule has 1 aliphatic rings. The van der Waals surface area contributed by atoms with Crippen LogP contribution in [-0.4, -0.2) is 17.8 Å². The summed E-state index contributed by atoms with van der Waals surface area (Å²) in [5.41, 5.74) is 8.89. The second-order valence-corrected chi connectivity index (χ2v) is 4.88. The van der Waals surface area contributed by atoms with E-state index >= 15 is 0 Å². The molecule has 1 atom stereocenters. The number of fused-ring (bicyclic) bond motifs is 1. The standard InChI is InChI=1S/C14H24N2O/c1-2-3-10-17-11-9-16-8-7-12-13(15)5-4-6-14(12)16/h7-8,13H,2-6,9-11,15H2,1H3. The van der Waals surface area contributed by atoms with E-state index in [9.17, 15) is 0 Å². The lowest BCUT2D eigenvalue weighted by Crippen LogP contribution is -2.19. The highest BCUT2D eigenvalue weighted by Crippen LogP contribution is 2.28. The Kier molecular flexibility index (Phi) is 4.63. The van der Waals surface area contributed by atoms with Crippen LogP contribution in [0.25, 0.3) is 0 Å². The van der Waals surface area contributed by atoms with Crippen molar-refractivity contribution in [3.63, 3.8) is 0 Å². The maximum atomic E-state index is 6.11. The molecule has 1 aromatic rings. The van der Waals surface area contributed by atoms with E-state index in [1.54, 1.807) is 0 Å². The van der Waals surface area contributed by atoms with Gasteiger partial charge in [-0.25, -0.2) is 0 Å². The Morgan fingerprint density at radius 2 is 2.35 bits per heavy atom. The van der Waals surface area contributed by atoms with Crippen molar-refractivity contribution in [1.82, 2.24) is 4.57 Å². The van der Waals surface area contributed by atoms with E-state index in [-0.39, 0.29) is 6.04 Å². The molecule has 1 heterocycles. The zero-order valence-electron chi connectivity index (χ0n) is 10.8. The predicted octanol–water partition coefficient (Wildman–Crippen LogP) is 2.64. The largest absolute Gasteiger partial charge is 0.380 e. The van der Waals surface area contributed by atoms with E-state index in [2.05, 4.69) is 23.8 Å². The molecule has 96 valence electrons. The second kappa shape index (κ2) is 6.22. The number of nitrogens with zero attached hydrogens (tertiary/aromatic N) is 1. The van der Waals surface area contributed by atoms with Crippen molar-refractivity contribution in [2.24, 2.45) is 5.73 Å². The van der Waals surface area contributed by atoms with Gasteiger partial charge < -0.3 is 15.0 Å². The molecule has 17 heavy (non-hydrogen) atoms. The van der Waals surface area contributed by atoms with Gasteiger partial charge in [-0.15, -0.1) is 0 Å². The highest BCUT2D eigenvalue weighted by Gasteiger charge is 2.19. The van der Waals surface area contributed by atoms with Crippen LogP contribution in [0, 0.1) is 0 Å². The first kappa shape index (κ1) is 12.7. The molecule has 2 N–H and O–H groups in total. The first-order chi connectivity index (χ1) is 8.33. The Balaban J connectivity index is 1.85. The summed E-state index contributed by atoms with van der Waals surface area (Å²) in [6, 6.07) is 2.44. The monoisotopic (exact) mass is 236 g/mol. The molecule has 0 bridgehead atoms. The van der Waals surface area contributed by atoms with Crippen molar-refractivity contribution in [2.75, 3.05) is 13.2 Å². The lowest BCUT2D eigenvalue weighted by molar-refractivity contribution is 0.123. The smallest absolute Gasteiger partial charge is 0.0645 e. The number of unbranched alkanes of at least 4 members (excludes halogenated alkanes) is 1. The Bertz CT molecular complexity index is 346. The molecular weight excluding hydrogens is 212 g/mol. The molecule has 0 radical (unpaired) electrons. The van der Waals surface area contributed by atoms with E-state index in [0.29, 0.717) is 0 Å². The van der Waals surface area contributed by atoms with Crippen molar-refractivity contribution in [2.45, 2.75) is 51.6 Å². The highest BCUT2D eigenvalue weighted by molar-refractivity contribution is 5.28. The SMILES string of the molecule is CCCCOCCn1ccc2c1CCCC2N. The van der Waals surface area contributed by atoms with Crippen LogP contribution in [0.15, 0.2) is 12.3 Å². The van der Waals surface area contributed by atoms with E-state index in [1.807, 2.05) is 0 Å². The van der Waals surface area contributed by atoms with Crippen LogP contribution in [0.5, 0.6) is 0 Å². The van der Waals surface area contributed by atoms with Gasteiger partial charge in [0.25, 0.3) is 0 Å². The minimum absolute atomic E-state index is 0.251. The summed E-state index contributed by atoms with van der Waals surface area (Å²) in [7, 11) is 0. The van der Waals surface area contributed by atoms with Gasteiger partial charge in [-0.3, -0.25) is 0 Å². The molecule has 0 amide bonds. The van der Waals surface area contributed by atoms with Gasteiger partial charge in [0.1, 0.15) is 0 Å². The van der Waals surface area contributed by atoms with Crippen molar-refractivity contribution >= 4 is 0 Å². The summed E-state index contributed by atoms with van der Waals surface area (Å²) in [6.07, 6.45) is 8.05. The predicted molar refractivity (Wildman–Crippen MR) is 70.0 cm³/mol. The molecule has 0 spiro atoms. The Morgan fingerprint density at radius 1 is 1.47 bits per heavy atom. The van der Waals surface area contributed by atoms with Crippen molar-refractivity contribution in [1.29, 1.82) is 0 Å². The zero-order chi connectivity index (χ0) is 12.1. The summed E-state index contributed by atoms with van der Waals surface area (Å²) in [5, 5.41) is 0. The van der Waals surface area contributed by atoms with Crippen molar-refractivity contribution in [3.8, 4) is 0 Å². The maximum absolute atomic E-state index is 6.11. The summed E-state index contributed by atoms with van der Waals surface area (Å²) >= 11 is 0. The van der Waals surface area contributed by atoms with E-state index in [0.717, 1.165) is 32.6 Å². The summed E-state index contributed by atoms with van der Waals surface area (Å²) in [6.45, 7) is 4.86.